The van der Waals surface area contributed by atoms with Gasteiger partial charge in [-0.15, -0.1) is 20.3 Å². The molecule has 0 aromatic rings. The number of allylic oxidation sites excluding steroid dienone is 4. The number of hydrogen-bond acceptors (Lipinski definition) is 0. The Morgan fingerprint density at radius 3 is 1.27 bits per heavy atom. The van der Waals surface area contributed by atoms with Crippen LogP contribution in [0.5, 0.6) is 0 Å². The molecule has 0 aromatic heterocycles. The van der Waals surface area contributed by atoms with Crippen LogP contribution in [0.25, 0.3) is 0 Å². The summed E-state index contributed by atoms with van der Waals surface area (Å²) in [5.41, 5.74) is 0. The van der Waals surface area contributed by atoms with Crippen molar-refractivity contribution in [3.63, 3.8) is 0 Å². The first-order chi connectivity index (χ1) is 17.4. The van der Waals surface area contributed by atoms with Gasteiger partial charge in [-0.3, -0.25) is 0 Å². The van der Waals surface area contributed by atoms with Gasteiger partial charge in [0.15, 0.2) is 0 Å². The molecule has 0 unspecified atom stereocenters. The molecule has 0 atom stereocenters. The fourth-order valence-electron chi connectivity index (χ4n) is 4.57. The first-order valence-electron chi connectivity index (χ1n) is 15.9. The van der Waals surface area contributed by atoms with Crippen LogP contribution in [0.15, 0.2) is 22.8 Å². The molecule has 1 rings (SSSR count). The molecule has 0 radical (unpaired) electrons. The first-order valence-corrected chi connectivity index (χ1v) is 19.8. The fourth-order valence-corrected chi connectivity index (χ4v) is 8.97. The number of rotatable bonds is 22. The molecule has 0 saturated heterocycles. The van der Waals surface area contributed by atoms with Gasteiger partial charge < -0.3 is 0 Å². The Balaban J connectivity index is 0. The standard InChI is InChI=1S/C24H51P.C5H5.C4H9.CH3.ClH.Ni/c1-4-7-10-13-16-19-22-25(23-20-17-14-11-8-5-2)24-21-18-15-12-9-6-3;1-2-4-5-3-1;1-4(2)3;;;/h4-24H2,1-3H3;1-3H,4H2;1-3H3;1H3;1H;. The first kappa shape index (κ1) is 39.8. The average Bonchev–Trinajstić information content (AvgIpc) is 3.39. The molecule has 0 N–H and O–H groups in total. The molecule has 1 aliphatic rings. The summed E-state index contributed by atoms with van der Waals surface area (Å²) in [5.74, 6) is 2.36. The Morgan fingerprint density at radius 1 is 0.622 bits per heavy atom. The van der Waals surface area contributed by atoms with Crippen LogP contribution in [0.2, 0.25) is 10.3 Å². The van der Waals surface area contributed by atoms with E-state index in [0.29, 0.717) is 25.7 Å². The number of hydrogen-bond donors (Lipinski definition) is 0. The van der Waals surface area contributed by atoms with E-state index < -0.39 is 0 Å². The summed E-state index contributed by atoms with van der Waals surface area (Å²) in [5, 5.41) is 0. The van der Waals surface area contributed by atoms with Crippen molar-refractivity contribution in [2.75, 3.05) is 18.5 Å². The molecule has 0 aromatic carbocycles. The van der Waals surface area contributed by atoms with E-state index in [-0.39, 0.29) is 12.4 Å². The van der Waals surface area contributed by atoms with Gasteiger partial charge in [0.2, 0.25) is 0 Å². The van der Waals surface area contributed by atoms with Crippen LogP contribution in [0.4, 0.5) is 0 Å². The van der Waals surface area contributed by atoms with Crippen molar-refractivity contribution < 1.29 is 13.4 Å². The molecule has 0 nitrogen and oxygen atoms in total. The molecule has 0 aliphatic heterocycles. The maximum absolute atomic E-state index is 2.36. The van der Waals surface area contributed by atoms with E-state index in [1.165, 1.54) is 122 Å². The second kappa shape index (κ2) is 28.2. The van der Waals surface area contributed by atoms with Gasteiger partial charge in [-0.25, -0.2) is 0 Å². The monoisotopic (exact) mass is 601 g/mol. The van der Waals surface area contributed by atoms with Gasteiger partial charge in [0.1, 0.15) is 0 Å². The van der Waals surface area contributed by atoms with Gasteiger partial charge in [-0.05, 0) is 37.7 Å². The molecular weight excluding hydrogens is 533 g/mol. The molecular formula is C34H69ClNiP. The van der Waals surface area contributed by atoms with E-state index in [1.807, 2.05) is 0 Å². The normalized spacial score (nSPS) is 13.3. The topological polar surface area (TPSA) is 0 Å². The second-order valence-electron chi connectivity index (χ2n) is 11.7. The van der Waals surface area contributed by atoms with Gasteiger partial charge in [-0.2, -0.15) is 0 Å². The van der Waals surface area contributed by atoms with E-state index in [0.717, 1.165) is 0 Å². The third-order valence-electron chi connectivity index (χ3n) is 7.20. The predicted octanol–water partition coefficient (Wildman–Crippen LogP) is 13.7. The van der Waals surface area contributed by atoms with Crippen LogP contribution in [-0.4, -0.2) is 18.5 Å². The van der Waals surface area contributed by atoms with Crippen molar-refractivity contribution in [3.8, 4) is 0 Å². The Kier molecular flexibility index (Phi) is 30.4. The third-order valence-corrected chi connectivity index (χ3v) is 13.6. The van der Waals surface area contributed by atoms with Crippen molar-refractivity contribution in [1.82, 2.24) is 0 Å². The molecule has 0 heterocycles. The van der Waals surface area contributed by atoms with Gasteiger partial charge in [0, 0.05) is 0 Å². The molecule has 0 amide bonds. The van der Waals surface area contributed by atoms with Crippen LogP contribution >= 0.6 is 20.3 Å². The zero-order valence-corrected chi connectivity index (χ0v) is 29.2. The third kappa shape index (κ3) is 25.4. The molecule has 1 aliphatic carbocycles. The number of unbranched alkanes of at least 4 members (excludes halogenated alkanes) is 15. The number of halogens is 1. The van der Waals surface area contributed by atoms with Crippen LogP contribution in [0.1, 0.15) is 164 Å². The summed E-state index contributed by atoms with van der Waals surface area (Å²) < 4.78 is 2.08. The van der Waals surface area contributed by atoms with Crippen molar-refractivity contribution in [2.24, 2.45) is 0 Å². The van der Waals surface area contributed by atoms with Gasteiger partial charge in [-0.1, -0.05) is 117 Å². The Labute approximate surface area is 247 Å². The molecule has 227 valence electrons. The molecule has 3 heteroatoms. The summed E-state index contributed by atoms with van der Waals surface area (Å²) in [6, 6.07) is 0. The summed E-state index contributed by atoms with van der Waals surface area (Å²) in [4.78, 5) is 0. The van der Waals surface area contributed by atoms with Gasteiger partial charge >= 0.3 is 73.7 Å². The van der Waals surface area contributed by atoms with Crippen molar-refractivity contribution in [3.05, 3.63) is 22.8 Å². The van der Waals surface area contributed by atoms with E-state index in [9.17, 15) is 0 Å². The zero-order valence-electron chi connectivity index (χ0n) is 26.5. The zero-order chi connectivity index (χ0) is 26.9. The predicted molar refractivity (Wildman–Crippen MR) is 176 cm³/mol. The molecule has 0 spiro atoms. The Hall–Kier alpha value is 0.694. The van der Waals surface area contributed by atoms with E-state index in [2.05, 4.69) is 65.7 Å². The van der Waals surface area contributed by atoms with Crippen molar-refractivity contribution >= 4 is 20.3 Å². The fraction of sp³-hybridized carbons (Fsp3) is 0.882. The van der Waals surface area contributed by atoms with Crippen LogP contribution in [-0.2, 0) is 13.4 Å². The van der Waals surface area contributed by atoms with Crippen LogP contribution < -0.4 is 0 Å². The SMILES string of the molecule is CCCCCCCCP(CCCCCCCC)CCCCCCCC.Cl.[CH3][Ni]([C]1=CC=CC1)[C](C)(C)C. The van der Waals surface area contributed by atoms with Crippen molar-refractivity contribution in [2.45, 2.75) is 174 Å². The quantitative estimate of drug-likeness (QED) is 0.0657. The maximum atomic E-state index is 2.36. The molecule has 0 saturated carbocycles. The molecule has 37 heavy (non-hydrogen) atoms. The minimum atomic E-state index is 0. The Bertz CT molecular complexity index is 484. The minimum absolute atomic E-state index is 0. The van der Waals surface area contributed by atoms with E-state index >= 15 is 0 Å². The van der Waals surface area contributed by atoms with E-state index in [4.69, 9.17) is 0 Å². The van der Waals surface area contributed by atoms with Crippen molar-refractivity contribution in [1.29, 1.82) is 0 Å². The summed E-state index contributed by atoms with van der Waals surface area (Å²) in [7, 11) is 0.366. The van der Waals surface area contributed by atoms with Gasteiger partial charge in [0.05, 0.1) is 0 Å². The summed E-state index contributed by atoms with van der Waals surface area (Å²) in [6.07, 6.45) is 39.1. The summed E-state index contributed by atoms with van der Waals surface area (Å²) in [6.45, 7) is 13.9. The Morgan fingerprint density at radius 2 is 0.973 bits per heavy atom. The average molecular weight is 603 g/mol. The summed E-state index contributed by atoms with van der Waals surface area (Å²) >= 11 is 0.301. The molecule has 0 fully saturated rings. The second-order valence-corrected chi connectivity index (χ2v) is 17.8. The molecule has 0 bridgehead atoms. The van der Waals surface area contributed by atoms with E-state index in [1.54, 1.807) is 23.0 Å². The van der Waals surface area contributed by atoms with Crippen LogP contribution in [0, 0.1) is 0 Å². The van der Waals surface area contributed by atoms with Gasteiger partial charge in [0.25, 0.3) is 0 Å². The van der Waals surface area contributed by atoms with Crippen LogP contribution in [0.3, 0.4) is 0 Å².